The molecule has 0 aliphatic carbocycles. The second-order valence-corrected chi connectivity index (χ2v) is 7.64. The standard InChI is InChI=1S/C19H27N3O3/c1-14(23)22-7-6-15-12-16(4-5-17(15)22)18(24)21-10-8-20(9-11-21)13-19(2,3)25/h4-5,12,25H,6-11,13H2,1-3H3. The van der Waals surface area contributed by atoms with Crippen LogP contribution in [0.3, 0.4) is 0 Å². The fourth-order valence-corrected chi connectivity index (χ4v) is 3.70. The lowest BCUT2D eigenvalue weighted by Gasteiger charge is -2.37. The highest BCUT2D eigenvalue weighted by Gasteiger charge is 2.27. The highest BCUT2D eigenvalue weighted by atomic mass is 16.3. The fourth-order valence-electron chi connectivity index (χ4n) is 3.70. The van der Waals surface area contributed by atoms with Gasteiger partial charge in [0.25, 0.3) is 5.91 Å². The molecule has 2 aliphatic rings. The van der Waals surface area contributed by atoms with Crippen LogP contribution in [0.1, 0.15) is 36.7 Å². The highest BCUT2D eigenvalue weighted by molar-refractivity contribution is 5.97. The Morgan fingerprint density at radius 2 is 1.80 bits per heavy atom. The van der Waals surface area contributed by atoms with Gasteiger partial charge in [-0.1, -0.05) is 0 Å². The van der Waals surface area contributed by atoms with E-state index in [9.17, 15) is 14.7 Å². The van der Waals surface area contributed by atoms with E-state index in [-0.39, 0.29) is 11.8 Å². The van der Waals surface area contributed by atoms with Gasteiger partial charge in [0.15, 0.2) is 0 Å². The van der Waals surface area contributed by atoms with Gasteiger partial charge < -0.3 is 14.9 Å². The number of benzene rings is 1. The molecule has 0 saturated carbocycles. The van der Waals surface area contributed by atoms with E-state index in [1.807, 2.05) is 23.1 Å². The van der Waals surface area contributed by atoms with Crippen molar-refractivity contribution in [3.8, 4) is 0 Å². The normalized spacial score (nSPS) is 18.4. The maximum absolute atomic E-state index is 12.8. The molecule has 2 heterocycles. The lowest BCUT2D eigenvalue weighted by atomic mass is 10.1. The Hall–Kier alpha value is -1.92. The summed E-state index contributed by atoms with van der Waals surface area (Å²) in [6.07, 6.45) is 0.801. The molecule has 6 nitrogen and oxygen atoms in total. The third kappa shape index (κ3) is 4.02. The Kier molecular flexibility index (Phi) is 4.84. The third-order valence-electron chi connectivity index (χ3n) is 4.87. The van der Waals surface area contributed by atoms with E-state index in [0.717, 1.165) is 30.8 Å². The van der Waals surface area contributed by atoms with Crippen LogP contribution in [0, 0.1) is 0 Å². The minimum atomic E-state index is -0.714. The number of piperazine rings is 1. The van der Waals surface area contributed by atoms with Gasteiger partial charge in [0.2, 0.25) is 5.91 Å². The molecule has 0 unspecified atom stereocenters. The smallest absolute Gasteiger partial charge is 0.253 e. The molecule has 136 valence electrons. The zero-order valence-electron chi connectivity index (χ0n) is 15.3. The van der Waals surface area contributed by atoms with Crippen LogP contribution < -0.4 is 4.90 Å². The van der Waals surface area contributed by atoms with E-state index in [2.05, 4.69) is 4.90 Å². The average molecular weight is 345 g/mol. The van der Waals surface area contributed by atoms with E-state index in [4.69, 9.17) is 0 Å². The number of aliphatic hydroxyl groups is 1. The molecule has 1 aromatic rings. The third-order valence-corrected chi connectivity index (χ3v) is 4.87. The summed E-state index contributed by atoms with van der Waals surface area (Å²) >= 11 is 0. The van der Waals surface area contributed by atoms with Gasteiger partial charge in [-0.2, -0.15) is 0 Å². The Morgan fingerprint density at radius 3 is 2.40 bits per heavy atom. The van der Waals surface area contributed by atoms with Crippen molar-refractivity contribution < 1.29 is 14.7 Å². The van der Waals surface area contributed by atoms with Crippen molar-refractivity contribution >= 4 is 17.5 Å². The summed E-state index contributed by atoms with van der Waals surface area (Å²) in [6, 6.07) is 5.65. The van der Waals surface area contributed by atoms with E-state index in [0.29, 0.717) is 31.7 Å². The van der Waals surface area contributed by atoms with Crippen LogP contribution in [0.25, 0.3) is 0 Å². The summed E-state index contributed by atoms with van der Waals surface area (Å²) in [5.41, 5.74) is 1.98. The lowest BCUT2D eigenvalue weighted by molar-refractivity contribution is -0.116. The van der Waals surface area contributed by atoms with Crippen LogP contribution in [0.15, 0.2) is 18.2 Å². The van der Waals surface area contributed by atoms with Crippen LogP contribution in [-0.2, 0) is 11.2 Å². The maximum atomic E-state index is 12.8. The molecule has 1 aromatic carbocycles. The van der Waals surface area contributed by atoms with Crippen molar-refractivity contribution in [3.05, 3.63) is 29.3 Å². The van der Waals surface area contributed by atoms with Gasteiger partial charge in [-0.05, 0) is 44.0 Å². The monoisotopic (exact) mass is 345 g/mol. The average Bonchev–Trinajstić information content (AvgIpc) is 2.96. The Morgan fingerprint density at radius 1 is 1.12 bits per heavy atom. The number of β-amino-alcohol motifs (C(OH)–C–C–N with tert-alkyl or cyclic N) is 1. The summed E-state index contributed by atoms with van der Waals surface area (Å²) in [6.45, 7) is 9.39. The number of rotatable bonds is 3. The van der Waals surface area contributed by atoms with Crippen molar-refractivity contribution in [2.45, 2.75) is 32.8 Å². The Labute approximate surface area is 149 Å². The summed E-state index contributed by atoms with van der Waals surface area (Å²) in [4.78, 5) is 30.2. The van der Waals surface area contributed by atoms with E-state index < -0.39 is 5.60 Å². The number of fused-ring (bicyclic) bond motifs is 1. The molecule has 1 saturated heterocycles. The SMILES string of the molecule is CC(=O)N1CCc2cc(C(=O)N3CCN(CC(C)(C)O)CC3)ccc21. The van der Waals surface area contributed by atoms with Crippen molar-refractivity contribution in [2.75, 3.05) is 44.2 Å². The van der Waals surface area contributed by atoms with Crippen molar-refractivity contribution in [1.29, 1.82) is 0 Å². The molecule has 2 amide bonds. The molecule has 0 spiro atoms. The number of anilines is 1. The number of hydrogen-bond donors (Lipinski definition) is 1. The molecular weight excluding hydrogens is 318 g/mol. The highest BCUT2D eigenvalue weighted by Crippen LogP contribution is 2.29. The van der Waals surface area contributed by atoms with Gasteiger partial charge in [-0.15, -0.1) is 0 Å². The van der Waals surface area contributed by atoms with Gasteiger partial charge in [0.1, 0.15) is 0 Å². The van der Waals surface area contributed by atoms with Crippen LogP contribution in [0.2, 0.25) is 0 Å². The van der Waals surface area contributed by atoms with Crippen LogP contribution in [0.4, 0.5) is 5.69 Å². The van der Waals surface area contributed by atoms with Gasteiger partial charge in [-0.25, -0.2) is 0 Å². The van der Waals surface area contributed by atoms with Gasteiger partial charge in [0.05, 0.1) is 5.60 Å². The minimum absolute atomic E-state index is 0.0424. The molecule has 0 aromatic heterocycles. The quantitative estimate of drug-likeness (QED) is 0.892. The second-order valence-electron chi connectivity index (χ2n) is 7.64. The Bertz CT molecular complexity index is 673. The predicted octanol–water partition coefficient (Wildman–Crippen LogP) is 1.12. The van der Waals surface area contributed by atoms with E-state index >= 15 is 0 Å². The first-order valence-electron chi connectivity index (χ1n) is 8.90. The molecule has 6 heteroatoms. The topological polar surface area (TPSA) is 64.1 Å². The first-order valence-corrected chi connectivity index (χ1v) is 8.90. The summed E-state index contributed by atoms with van der Waals surface area (Å²) < 4.78 is 0. The van der Waals surface area contributed by atoms with E-state index in [1.165, 1.54) is 0 Å². The number of amides is 2. The largest absolute Gasteiger partial charge is 0.389 e. The van der Waals surface area contributed by atoms with Crippen LogP contribution >= 0.6 is 0 Å². The minimum Gasteiger partial charge on any atom is -0.389 e. The predicted molar refractivity (Wildman–Crippen MR) is 96.8 cm³/mol. The molecule has 1 fully saturated rings. The van der Waals surface area contributed by atoms with Gasteiger partial charge >= 0.3 is 0 Å². The summed E-state index contributed by atoms with van der Waals surface area (Å²) in [7, 11) is 0. The summed E-state index contributed by atoms with van der Waals surface area (Å²) in [5, 5.41) is 9.92. The number of carbonyl (C=O) groups is 2. The molecular formula is C19H27N3O3. The number of nitrogens with zero attached hydrogens (tertiary/aromatic N) is 3. The molecule has 2 aliphatic heterocycles. The van der Waals surface area contributed by atoms with Crippen molar-refractivity contribution in [3.63, 3.8) is 0 Å². The number of carbonyl (C=O) groups excluding carboxylic acids is 2. The molecule has 3 rings (SSSR count). The fraction of sp³-hybridized carbons (Fsp3) is 0.579. The molecule has 25 heavy (non-hydrogen) atoms. The first-order chi connectivity index (χ1) is 11.7. The van der Waals surface area contributed by atoms with Crippen LogP contribution in [-0.4, -0.2) is 71.6 Å². The molecule has 0 atom stereocenters. The van der Waals surface area contributed by atoms with Crippen molar-refractivity contribution in [1.82, 2.24) is 9.80 Å². The van der Waals surface area contributed by atoms with Crippen LogP contribution in [0.5, 0.6) is 0 Å². The second kappa shape index (κ2) is 6.77. The summed E-state index contributed by atoms with van der Waals surface area (Å²) in [5.74, 6) is 0.0905. The van der Waals surface area contributed by atoms with Gasteiger partial charge in [-0.3, -0.25) is 14.5 Å². The number of hydrogen-bond acceptors (Lipinski definition) is 4. The molecule has 1 N–H and O–H groups in total. The maximum Gasteiger partial charge on any atom is 0.253 e. The lowest BCUT2D eigenvalue weighted by Crippen LogP contribution is -2.52. The molecule has 0 bridgehead atoms. The first kappa shape index (κ1) is 17.9. The zero-order chi connectivity index (χ0) is 18.2. The molecule has 0 radical (unpaired) electrons. The van der Waals surface area contributed by atoms with Gasteiger partial charge in [0, 0.05) is 57.4 Å². The zero-order valence-corrected chi connectivity index (χ0v) is 15.3. The van der Waals surface area contributed by atoms with Crippen molar-refractivity contribution in [2.24, 2.45) is 0 Å². The Balaban J connectivity index is 1.64. The van der Waals surface area contributed by atoms with E-state index in [1.54, 1.807) is 25.7 Å².